The van der Waals surface area contributed by atoms with E-state index in [0.29, 0.717) is 37.8 Å². The monoisotopic (exact) mass is 391 g/mol. The van der Waals surface area contributed by atoms with Gasteiger partial charge in [-0.3, -0.25) is 14.5 Å². The Morgan fingerprint density at radius 3 is 2.07 bits per heavy atom. The molecular weight excluding hydrogens is 362 g/mol. The van der Waals surface area contributed by atoms with E-state index < -0.39 is 0 Å². The molecule has 148 valence electrons. The van der Waals surface area contributed by atoms with Crippen molar-refractivity contribution in [2.24, 2.45) is 0 Å². The number of morpholine rings is 1. The molecule has 1 aromatic carbocycles. The third kappa shape index (κ3) is 6.52. The summed E-state index contributed by atoms with van der Waals surface area (Å²) >= 11 is 1.43. The van der Waals surface area contributed by atoms with E-state index >= 15 is 0 Å². The van der Waals surface area contributed by atoms with Crippen LogP contribution in [0.15, 0.2) is 30.3 Å². The van der Waals surface area contributed by atoms with Gasteiger partial charge in [0.05, 0.1) is 24.7 Å². The topological polar surface area (TPSA) is 53.1 Å². The van der Waals surface area contributed by atoms with Gasteiger partial charge in [-0.15, -0.1) is 11.8 Å². The molecule has 0 saturated carbocycles. The molecule has 2 amide bonds. The van der Waals surface area contributed by atoms with Crippen molar-refractivity contribution in [3.05, 3.63) is 35.9 Å². The molecule has 3 rings (SSSR count). The van der Waals surface area contributed by atoms with Crippen molar-refractivity contribution >= 4 is 23.6 Å². The molecule has 0 unspecified atom stereocenters. The van der Waals surface area contributed by atoms with Gasteiger partial charge in [0.2, 0.25) is 11.8 Å². The van der Waals surface area contributed by atoms with E-state index in [4.69, 9.17) is 4.74 Å². The number of hydrogen-bond donors (Lipinski definition) is 0. The van der Waals surface area contributed by atoms with Crippen LogP contribution in [0, 0.1) is 0 Å². The first-order valence-corrected chi connectivity index (χ1v) is 10.8. The van der Waals surface area contributed by atoms with Gasteiger partial charge in [0.1, 0.15) is 0 Å². The largest absolute Gasteiger partial charge is 0.378 e. The molecule has 0 N–H and O–H groups in total. The lowest BCUT2D eigenvalue weighted by atomic mass is 10.1. The first-order valence-electron chi connectivity index (χ1n) is 9.70. The molecular formula is C20H29N3O3S. The van der Waals surface area contributed by atoms with Crippen LogP contribution in [0.4, 0.5) is 0 Å². The number of rotatable bonds is 7. The zero-order valence-electron chi connectivity index (χ0n) is 15.8. The molecule has 0 aromatic heterocycles. The number of nitrogens with zero attached hydrogens (tertiary/aromatic N) is 3. The molecule has 7 heteroatoms. The molecule has 0 radical (unpaired) electrons. The SMILES string of the molecule is O=C(CSCC(=O)N1CCN(CCc2ccccc2)CC1)N1CCOCC1. The molecule has 27 heavy (non-hydrogen) atoms. The average Bonchev–Trinajstić information content (AvgIpc) is 2.74. The minimum absolute atomic E-state index is 0.113. The maximum atomic E-state index is 12.4. The summed E-state index contributed by atoms with van der Waals surface area (Å²) in [4.78, 5) is 30.7. The van der Waals surface area contributed by atoms with Gasteiger partial charge in [0.25, 0.3) is 0 Å². The normalized spacial score (nSPS) is 18.5. The zero-order valence-corrected chi connectivity index (χ0v) is 16.7. The lowest BCUT2D eigenvalue weighted by molar-refractivity contribution is -0.132. The summed E-state index contributed by atoms with van der Waals surface area (Å²) in [7, 11) is 0. The second-order valence-corrected chi connectivity index (χ2v) is 7.93. The molecule has 2 saturated heterocycles. The number of carbonyl (C=O) groups excluding carboxylic acids is 2. The highest BCUT2D eigenvalue weighted by Gasteiger charge is 2.22. The average molecular weight is 392 g/mol. The van der Waals surface area contributed by atoms with Crippen LogP contribution in [0.25, 0.3) is 0 Å². The molecule has 2 fully saturated rings. The molecule has 1 aromatic rings. The fraction of sp³-hybridized carbons (Fsp3) is 0.600. The quantitative estimate of drug-likeness (QED) is 0.693. The number of ether oxygens (including phenoxy) is 1. The number of benzene rings is 1. The smallest absolute Gasteiger partial charge is 0.232 e. The second kappa shape index (κ2) is 10.7. The van der Waals surface area contributed by atoms with Gasteiger partial charge >= 0.3 is 0 Å². The number of piperazine rings is 1. The highest BCUT2D eigenvalue weighted by molar-refractivity contribution is 8.00. The molecule has 2 heterocycles. The fourth-order valence-electron chi connectivity index (χ4n) is 3.37. The van der Waals surface area contributed by atoms with Crippen molar-refractivity contribution < 1.29 is 14.3 Å². The standard InChI is InChI=1S/C20H29N3O3S/c24-19(16-27-17-20(25)23-12-14-26-15-13-23)22-10-8-21(9-11-22)7-6-18-4-2-1-3-5-18/h1-5H,6-17H2. The molecule has 6 nitrogen and oxygen atoms in total. The third-order valence-electron chi connectivity index (χ3n) is 5.10. The van der Waals surface area contributed by atoms with Gasteiger partial charge in [-0.2, -0.15) is 0 Å². The van der Waals surface area contributed by atoms with Gasteiger partial charge in [-0.25, -0.2) is 0 Å². The summed E-state index contributed by atoms with van der Waals surface area (Å²) in [6.45, 7) is 7.02. The summed E-state index contributed by atoms with van der Waals surface area (Å²) in [5.41, 5.74) is 1.36. The van der Waals surface area contributed by atoms with Crippen LogP contribution in [0.5, 0.6) is 0 Å². The van der Waals surface area contributed by atoms with Crippen LogP contribution >= 0.6 is 11.8 Å². The van der Waals surface area contributed by atoms with Gasteiger partial charge in [0.15, 0.2) is 0 Å². The van der Waals surface area contributed by atoms with E-state index in [1.54, 1.807) is 0 Å². The first-order chi connectivity index (χ1) is 13.2. The van der Waals surface area contributed by atoms with E-state index in [0.717, 1.165) is 39.1 Å². The van der Waals surface area contributed by atoms with Crippen LogP contribution in [0.3, 0.4) is 0 Å². The minimum atomic E-state index is 0.113. The molecule has 2 aliphatic heterocycles. The summed E-state index contributed by atoms with van der Waals surface area (Å²) in [5, 5.41) is 0. The van der Waals surface area contributed by atoms with Crippen molar-refractivity contribution in [2.45, 2.75) is 6.42 Å². The Hall–Kier alpha value is -1.57. The predicted octanol–water partition coefficient (Wildman–Crippen LogP) is 0.965. The molecule has 0 spiro atoms. The number of carbonyl (C=O) groups is 2. The van der Waals surface area contributed by atoms with E-state index in [9.17, 15) is 9.59 Å². The highest BCUT2D eigenvalue weighted by Crippen LogP contribution is 2.10. The van der Waals surface area contributed by atoms with Gasteiger partial charge in [-0.1, -0.05) is 30.3 Å². The summed E-state index contributed by atoms with van der Waals surface area (Å²) in [6, 6.07) is 10.5. The maximum Gasteiger partial charge on any atom is 0.232 e. The summed E-state index contributed by atoms with van der Waals surface area (Å²) < 4.78 is 5.26. The van der Waals surface area contributed by atoms with Gasteiger partial charge < -0.3 is 14.5 Å². The summed E-state index contributed by atoms with van der Waals surface area (Å²) in [5.74, 6) is 1.03. The van der Waals surface area contributed by atoms with Crippen LogP contribution in [0.1, 0.15) is 5.56 Å². The zero-order chi connectivity index (χ0) is 18.9. The van der Waals surface area contributed by atoms with Crippen LogP contribution in [0.2, 0.25) is 0 Å². The molecule has 0 atom stereocenters. The Morgan fingerprint density at radius 2 is 1.44 bits per heavy atom. The van der Waals surface area contributed by atoms with Gasteiger partial charge in [-0.05, 0) is 12.0 Å². The fourth-order valence-corrected chi connectivity index (χ4v) is 4.19. The second-order valence-electron chi connectivity index (χ2n) is 6.94. The number of amides is 2. The molecule has 0 aliphatic carbocycles. The third-order valence-corrected chi connectivity index (χ3v) is 6.00. The van der Waals surface area contributed by atoms with Crippen LogP contribution in [-0.4, -0.2) is 97.0 Å². The van der Waals surface area contributed by atoms with Gasteiger partial charge in [0, 0.05) is 45.8 Å². The van der Waals surface area contributed by atoms with Crippen molar-refractivity contribution in [1.82, 2.24) is 14.7 Å². The van der Waals surface area contributed by atoms with E-state index in [-0.39, 0.29) is 11.8 Å². The highest BCUT2D eigenvalue weighted by atomic mass is 32.2. The summed E-state index contributed by atoms with van der Waals surface area (Å²) in [6.07, 6.45) is 1.05. The molecule has 0 bridgehead atoms. The Labute approximate surface area is 165 Å². The Morgan fingerprint density at radius 1 is 0.852 bits per heavy atom. The predicted molar refractivity (Wildman–Crippen MR) is 108 cm³/mol. The van der Waals surface area contributed by atoms with Crippen LogP contribution < -0.4 is 0 Å². The number of thioether (sulfide) groups is 1. The first kappa shape index (κ1) is 20.2. The van der Waals surface area contributed by atoms with Crippen molar-refractivity contribution in [3.63, 3.8) is 0 Å². The number of hydrogen-bond acceptors (Lipinski definition) is 5. The lowest BCUT2D eigenvalue weighted by Gasteiger charge is -2.34. The van der Waals surface area contributed by atoms with Crippen LogP contribution in [-0.2, 0) is 20.7 Å². The Balaban J connectivity index is 1.29. The van der Waals surface area contributed by atoms with E-state index in [2.05, 4.69) is 29.2 Å². The molecule has 2 aliphatic rings. The maximum absolute atomic E-state index is 12.4. The van der Waals surface area contributed by atoms with Crippen molar-refractivity contribution in [1.29, 1.82) is 0 Å². The Kier molecular flexibility index (Phi) is 7.98. The Bertz CT molecular complexity index is 600. The van der Waals surface area contributed by atoms with E-state index in [1.807, 2.05) is 15.9 Å². The minimum Gasteiger partial charge on any atom is -0.378 e. The lowest BCUT2D eigenvalue weighted by Crippen LogP contribution is -2.49. The van der Waals surface area contributed by atoms with Crippen molar-refractivity contribution in [2.75, 3.05) is 70.5 Å². The van der Waals surface area contributed by atoms with Crippen molar-refractivity contribution in [3.8, 4) is 0 Å². The van der Waals surface area contributed by atoms with E-state index in [1.165, 1.54) is 17.3 Å².